The summed E-state index contributed by atoms with van der Waals surface area (Å²) in [5, 5.41) is 0.759. The van der Waals surface area contributed by atoms with Crippen molar-refractivity contribution >= 4 is 11.6 Å². The first-order valence-corrected chi connectivity index (χ1v) is 4.04. The van der Waals surface area contributed by atoms with Gasteiger partial charge in [0.15, 0.2) is 0 Å². The summed E-state index contributed by atoms with van der Waals surface area (Å²) < 4.78 is 0. The van der Waals surface area contributed by atoms with Crippen molar-refractivity contribution in [2.45, 2.75) is 0 Å². The molecule has 1 N–H and O–H groups in total. The molecule has 0 unspecified atom stereocenters. The smallest absolute Gasteiger partial charge is 0.0460 e. The molecular weight excluding hydrogens is 170 g/mol. The van der Waals surface area contributed by atoms with Crippen molar-refractivity contribution in [1.82, 2.24) is 4.98 Å². The van der Waals surface area contributed by atoms with Gasteiger partial charge in [0, 0.05) is 23.0 Å². The number of nitrogens with one attached hydrogen (secondary N) is 1. The van der Waals surface area contributed by atoms with Gasteiger partial charge in [0.25, 0.3) is 0 Å². The van der Waals surface area contributed by atoms with Crippen molar-refractivity contribution in [2.24, 2.45) is 0 Å². The van der Waals surface area contributed by atoms with E-state index in [-0.39, 0.29) is 0 Å². The quantitative estimate of drug-likeness (QED) is 0.687. The molecule has 0 aliphatic heterocycles. The third-order valence-corrected chi connectivity index (χ3v) is 1.95. The second-order valence-corrected chi connectivity index (χ2v) is 2.96. The first kappa shape index (κ1) is 7.44. The van der Waals surface area contributed by atoms with Crippen molar-refractivity contribution in [3.05, 3.63) is 47.6 Å². The zero-order valence-corrected chi connectivity index (χ0v) is 7.10. The van der Waals surface area contributed by atoms with E-state index in [1.807, 2.05) is 30.3 Å². The first-order valence-electron chi connectivity index (χ1n) is 3.67. The van der Waals surface area contributed by atoms with Crippen LogP contribution >= 0.6 is 11.6 Å². The SMILES string of the molecule is Clc1ccc(-c2c[c]c[nH]2)cc1. The predicted octanol–water partition coefficient (Wildman–Crippen LogP) is 3.14. The molecule has 2 rings (SSSR count). The maximum atomic E-state index is 5.76. The molecule has 0 saturated heterocycles. The molecule has 0 aliphatic carbocycles. The standard InChI is InChI=1S/C10H7ClN/c11-9-5-3-8(4-6-9)10-2-1-7-12-10/h2-7,12H. The van der Waals surface area contributed by atoms with Crippen molar-refractivity contribution in [3.8, 4) is 11.3 Å². The fourth-order valence-corrected chi connectivity index (χ4v) is 1.21. The monoisotopic (exact) mass is 176 g/mol. The summed E-state index contributed by atoms with van der Waals surface area (Å²) in [6.45, 7) is 0. The summed E-state index contributed by atoms with van der Waals surface area (Å²) in [4.78, 5) is 3.07. The van der Waals surface area contributed by atoms with E-state index >= 15 is 0 Å². The van der Waals surface area contributed by atoms with Crippen LogP contribution < -0.4 is 0 Å². The molecule has 1 aromatic carbocycles. The average Bonchev–Trinajstić information content (AvgIpc) is 2.58. The molecule has 1 radical (unpaired) electrons. The zero-order valence-electron chi connectivity index (χ0n) is 6.34. The molecule has 2 heteroatoms. The molecule has 0 aliphatic rings. The lowest BCUT2D eigenvalue weighted by Gasteiger charge is -1.96. The Labute approximate surface area is 76.0 Å². The molecule has 0 atom stereocenters. The summed E-state index contributed by atoms with van der Waals surface area (Å²) in [5.41, 5.74) is 2.19. The predicted molar refractivity (Wildman–Crippen MR) is 50.1 cm³/mol. The minimum Gasteiger partial charge on any atom is -0.361 e. The lowest BCUT2D eigenvalue weighted by molar-refractivity contribution is 1.40. The van der Waals surface area contributed by atoms with E-state index in [1.165, 1.54) is 0 Å². The number of halogens is 1. The number of hydrogen-bond acceptors (Lipinski definition) is 0. The summed E-state index contributed by atoms with van der Waals surface area (Å²) in [7, 11) is 0. The van der Waals surface area contributed by atoms with Gasteiger partial charge in [0.2, 0.25) is 0 Å². The van der Waals surface area contributed by atoms with Gasteiger partial charge >= 0.3 is 0 Å². The molecule has 1 nitrogen and oxygen atoms in total. The van der Waals surface area contributed by atoms with Crippen LogP contribution in [0.25, 0.3) is 11.3 Å². The van der Waals surface area contributed by atoms with Gasteiger partial charge in [0.05, 0.1) is 0 Å². The number of aromatic nitrogens is 1. The number of H-pyrrole nitrogens is 1. The molecule has 0 saturated carbocycles. The van der Waals surface area contributed by atoms with Crippen LogP contribution in [0.4, 0.5) is 0 Å². The average molecular weight is 177 g/mol. The Balaban J connectivity index is 2.43. The van der Waals surface area contributed by atoms with Gasteiger partial charge in [-0.05, 0) is 23.8 Å². The van der Waals surface area contributed by atoms with Gasteiger partial charge in [-0.15, -0.1) is 0 Å². The van der Waals surface area contributed by atoms with Crippen molar-refractivity contribution in [1.29, 1.82) is 0 Å². The van der Waals surface area contributed by atoms with Gasteiger partial charge in [-0.25, -0.2) is 0 Å². The maximum Gasteiger partial charge on any atom is 0.0460 e. The number of benzene rings is 1. The number of hydrogen-bond donors (Lipinski definition) is 1. The van der Waals surface area contributed by atoms with Gasteiger partial charge in [-0.3, -0.25) is 0 Å². The lowest BCUT2D eigenvalue weighted by Crippen LogP contribution is -1.74. The Hall–Kier alpha value is -1.21. The van der Waals surface area contributed by atoms with Crippen LogP contribution in [0.3, 0.4) is 0 Å². The van der Waals surface area contributed by atoms with Crippen molar-refractivity contribution in [3.63, 3.8) is 0 Å². The normalized spacial score (nSPS) is 10.1. The fraction of sp³-hybridized carbons (Fsp3) is 0. The maximum absolute atomic E-state index is 5.76. The van der Waals surface area contributed by atoms with Crippen LogP contribution in [0.5, 0.6) is 0 Å². The van der Waals surface area contributed by atoms with E-state index in [0.717, 1.165) is 16.3 Å². The molecule has 12 heavy (non-hydrogen) atoms. The minimum absolute atomic E-state index is 0.759. The molecule has 2 aromatic rings. The molecule has 0 spiro atoms. The molecule has 59 valence electrons. The van der Waals surface area contributed by atoms with Gasteiger partial charge in [0.1, 0.15) is 0 Å². The van der Waals surface area contributed by atoms with E-state index < -0.39 is 0 Å². The highest BCUT2D eigenvalue weighted by molar-refractivity contribution is 6.30. The fourth-order valence-electron chi connectivity index (χ4n) is 1.08. The van der Waals surface area contributed by atoms with Crippen molar-refractivity contribution < 1.29 is 0 Å². The molecule has 1 aromatic heterocycles. The molecule has 0 bridgehead atoms. The van der Waals surface area contributed by atoms with E-state index in [0.29, 0.717) is 0 Å². The number of aromatic amines is 1. The Morgan fingerprint density at radius 2 is 1.92 bits per heavy atom. The van der Waals surface area contributed by atoms with E-state index in [2.05, 4.69) is 11.1 Å². The topological polar surface area (TPSA) is 15.8 Å². The third-order valence-electron chi connectivity index (χ3n) is 1.69. The highest BCUT2D eigenvalue weighted by Crippen LogP contribution is 2.18. The van der Waals surface area contributed by atoms with Crippen LogP contribution in [0.15, 0.2) is 36.5 Å². The molecule has 0 fully saturated rings. The highest BCUT2D eigenvalue weighted by atomic mass is 35.5. The summed E-state index contributed by atoms with van der Waals surface area (Å²) in [6.07, 6.45) is 1.78. The molecular formula is C10H7ClN. The van der Waals surface area contributed by atoms with E-state index in [4.69, 9.17) is 11.6 Å². The number of rotatable bonds is 1. The Morgan fingerprint density at radius 1 is 1.17 bits per heavy atom. The lowest BCUT2D eigenvalue weighted by atomic mass is 10.2. The largest absolute Gasteiger partial charge is 0.361 e. The summed E-state index contributed by atoms with van der Waals surface area (Å²) in [5.74, 6) is 0. The van der Waals surface area contributed by atoms with Gasteiger partial charge in [-0.1, -0.05) is 23.7 Å². The van der Waals surface area contributed by atoms with Crippen LogP contribution in [0.2, 0.25) is 5.02 Å². The van der Waals surface area contributed by atoms with Crippen LogP contribution in [-0.4, -0.2) is 4.98 Å². The second-order valence-electron chi connectivity index (χ2n) is 2.52. The first-order chi connectivity index (χ1) is 5.86. The van der Waals surface area contributed by atoms with Crippen LogP contribution in [-0.2, 0) is 0 Å². The van der Waals surface area contributed by atoms with Crippen molar-refractivity contribution in [2.75, 3.05) is 0 Å². The summed E-state index contributed by atoms with van der Waals surface area (Å²) >= 11 is 5.76. The molecule has 0 amide bonds. The zero-order chi connectivity index (χ0) is 8.39. The third kappa shape index (κ3) is 1.36. The Bertz CT molecular complexity index is 348. The van der Waals surface area contributed by atoms with E-state index in [9.17, 15) is 0 Å². The Morgan fingerprint density at radius 3 is 2.50 bits per heavy atom. The summed E-state index contributed by atoms with van der Waals surface area (Å²) in [6, 6.07) is 12.6. The Kier molecular flexibility index (Phi) is 1.88. The van der Waals surface area contributed by atoms with Gasteiger partial charge in [-0.2, -0.15) is 0 Å². The van der Waals surface area contributed by atoms with Gasteiger partial charge < -0.3 is 4.98 Å². The molecule has 1 heterocycles. The minimum atomic E-state index is 0.759. The van der Waals surface area contributed by atoms with Crippen LogP contribution in [0.1, 0.15) is 0 Å². The highest BCUT2D eigenvalue weighted by Gasteiger charge is 1.95. The van der Waals surface area contributed by atoms with Crippen LogP contribution in [0, 0.1) is 6.07 Å². The second kappa shape index (κ2) is 3.03. The van der Waals surface area contributed by atoms with E-state index in [1.54, 1.807) is 6.20 Å².